The lowest BCUT2D eigenvalue weighted by Crippen LogP contribution is -2.41. The zero-order valence-electron chi connectivity index (χ0n) is 17.0. The van der Waals surface area contributed by atoms with Crippen molar-refractivity contribution in [2.75, 3.05) is 25.5 Å². The van der Waals surface area contributed by atoms with Gasteiger partial charge in [-0.2, -0.15) is 4.31 Å². The molecule has 1 aliphatic heterocycles. The molecule has 1 aliphatic rings. The van der Waals surface area contributed by atoms with Crippen LogP contribution >= 0.6 is 11.6 Å². The Balaban J connectivity index is 1.66. The standard InChI is InChI=1S/C20H22ClN3O6S/c1-13-17(4-3-5-18(13)24(26)27)22-20(25)14-8-10-23(11-9-14)31(28,29)15-6-7-19(30-2)16(21)12-15/h3-7,12,14H,8-11H2,1-2H3,(H,22,25). The molecule has 1 fully saturated rings. The number of hydrogen-bond donors (Lipinski definition) is 1. The maximum Gasteiger partial charge on any atom is 0.274 e. The summed E-state index contributed by atoms with van der Waals surface area (Å²) in [5, 5.41) is 14.0. The molecule has 1 saturated heterocycles. The number of halogens is 1. The van der Waals surface area contributed by atoms with Gasteiger partial charge in [-0.25, -0.2) is 8.42 Å². The average Bonchev–Trinajstić information content (AvgIpc) is 2.75. The first-order valence-corrected chi connectivity index (χ1v) is 11.4. The van der Waals surface area contributed by atoms with Crippen molar-refractivity contribution in [3.05, 3.63) is 57.1 Å². The van der Waals surface area contributed by atoms with Crippen LogP contribution in [0.1, 0.15) is 18.4 Å². The smallest absolute Gasteiger partial charge is 0.274 e. The number of anilines is 1. The van der Waals surface area contributed by atoms with Crippen LogP contribution in [0.4, 0.5) is 11.4 Å². The van der Waals surface area contributed by atoms with Crippen LogP contribution in [-0.4, -0.2) is 43.8 Å². The van der Waals surface area contributed by atoms with Gasteiger partial charge in [0.2, 0.25) is 15.9 Å². The Hall–Kier alpha value is -2.69. The first kappa shape index (κ1) is 23.0. The van der Waals surface area contributed by atoms with Crippen LogP contribution in [0, 0.1) is 23.0 Å². The van der Waals surface area contributed by atoms with Gasteiger partial charge in [-0.1, -0.05) is 17.7 Å². The molecule has 1 heterocycles. The van der Waals surface area contributed by atoms with Gasteiger partial charge in [-0.05, 0) is 44.0 Å². The molecule has 3 rings (SSSR count). The third-order valence-electron chi connectivity index (χ3n) is 5.35. The minimum atomic E-state index is -3.75. The highest BCUT2D eigenvalue weighted by Gasteiger charge is 2.32. The van der Waals surface area contributed by atoms with Crippen LogP contribution in [0.25, 0.3) is 0 Å². The van der Waals surface area contributed by atoms with Crippen molar-refractivity contribution >= 4 is 38.9 Å². The molecule has 0 saturated carbocycles. The number of nitrogens with one attached hydrogen (secondary N) is 1. The summed E-state index contributed by atoms with van der Waals surface area (Å²) in [7, 11) is -2.31. The lowest BCUT2D eigenvalue weighted by atomic mass is 9.97. The Morgan fingerprint density at radius 1 is 1.26 bits per heavy atom. The second kappa shape index (κ2) is 9.21. The highest BCUT2D eigenvalue weighted by molar-refractivity contribution is 7.89. The highest BCUT2D eigenvalue weighted by atomic mass is 35.5. The van der Waals surface area contributed by atoms with Crippen LogP contribution < -0.4 is 10.1 Å². The van der Waals surface area contributed by atoms with E-state index in [1.807, 2.05) is 0 Å². The molecule has 2 aromatic carbocycles. The summed E-state index contributed by atoms with van der Waals surface area (Å²) in [6, 6.07) is 8.77. The number of benzene rings is 2. The third kappa shape index (κ3) is 4.81. The Morgan fingerprint density at radius 2 is 1.94 bits per heavy atom. The van der Waals surface area contributed by atoms with Crippen LogP contribution in [-0.2, 0) is 14.8 Å². The number of carbonyl (C=O) groups is 1. The van der Waals surface area contributed by atoms with Gasteiger partial charge < -0.3 is 10.1 Å². The average molecular weight is 468 g/mol. The normalized spacial score (nSPS) is 15.5. The van der Waals surface area contributed by atoms with Crippen LogP contribution in [0.15, 0.2) is 41.3 Å². The molecule has 0 aromatic heterocycles. The fraction of sp³-hybridized carbons (Fsp3) is 0.350. The fourth-order valence-electron chi connectivity index (χ4n) is 3.51. The molecule has 31 heavy (non-hydrogen) atoms. The highest BCUT2D eigenvalue weighted by Crippen LogP contribution is 2.31. The molecule has 0 aliphatic carbocycles. The molecule has 166 valence electrons. The Labute approximate surface area is 185 Å². The van der Waals surface area contributed by atoms with E-state index >= 15 is 0 Å². The van der Waals surface area contributed by atoms with E-state index in [0.29, 0.717) is 29.8 Å². The number of ether oxygens (including phenoxy) is 1. The van der Waals surface area contributed by atoms with Crippen molar-refractivity contribution in [1.82, 2.24) is 4.31 Å². The molecule has 11 heteroatoms. The number of nitrogens with zero attached hydrogens (tertiary/aromatic N) is 2. The Kier molecular flexibility index (Phi) is 6.83. The second-order valence-corrected chi connectivity index (χ2v) is 9.52. The summed E-state index contributed by atoms with van der Waals surface area (Å²) in [4.78, 5) is 23.3. The Morgan fingerprint density at radius 3 is 2.52 bits per heavy atom. The first-order valence-electron chi connectivity index (χ1n) is 9.53. The van der Waals surface area contributed by atoms with Gasteiger partial charge in [0.25, 0.3) is 5.69 Å². The second-order valence-electron chi connectivity index (χ2n) is 7.17. The number of carbonyl (C=O) groups excluding carboxylic acids is 1. The summed E-state index contributed by atoms with van der Waals surface area (Å²) in [5.74, 6) is -0.301. The summed E-state index contributed by atoms with van der Waals surface area (Å²) in [5.41, 5.74) is 0.677. The fourth-order valence-corrected chi connectivity index (χ4v) is 5.33. The zero-order valence-corrected chi connectivity index (χ0v) is 18.6. The summed E-state index contributed by atoms with van der Waals surface area (Å²) >= 11 is 6.06. The quantitative estimate of drug-likeness (QED) is 0.512. The minimum Gasteiger partial charge on any atom is -0.495 e. The van der Waals surface area contributed by atoms with E-state index in [0.717, 1.165) is 0 Å². The van der Waals surface area contributed by atoms with Gasteiger partial charge in [0, 0.05) is 25.1 Å². The summed E-state index contributed by atoms with van der Waals surface area (Å²) in [6.45, 7) is 1.93. The molecule has 1 amide bonds. The SMILES string of the molecule is COc1ccc(S(=O)(=O)N2CCC(C(=O)Nc3cccc([N+](=O)[O-])c3C)CC2)cc1Cl. The van der Waals surface area contributed by atoms with E-state index < -0.39 is 20.9 Å². The van der Waals surface area contributed by atoms with Crippen molar-refractivity contribution < 1.29 is 22.9 Å². The van der Waals surface area contributed by atoms with Crippen LogP contribution in [0.3, 0.4) is 0 Å². The van der Waals surface area contributed by atoms with Crippen molar-refractivity contribution in [3.63, 3.8) is 0 Å². The van der Waals surface area contributed by atoms with Crippen molar-refractivity contribution in [2.45, 2.75) is 24.7 Å². The molecule has 0 spiro atoms. The van der Waals surface area contributed by atoms with E-state index in [1.54, 1.807) is 13.0 Å². The Bertz CT molecular complexity index is 1110. The van der Waals surface area contributed by atoms with Gasteiger partial charge in [-0.15, -0.1) is 0 Å². The minimum absolute atomic E-state index is 0.0634. The predicted octanol–water partition coefficient (Wildman–Crippen LogP) is 3.60. The summed E-state index contributed by atoms with van der Waals surface area (Å²) < 4.78 is 32.2. The number of sulfonamides is 1. The lowest BCUT2D eigenvalue weighted by Gasteiger charge is -2.30. The van der Waals surface area contributed by atoms with E-state index in [4.69, 9.17) is 16.3 Å². The third-order valence-corrected chi connectivity index (χ3v) is 7.54. The van der Waals surface area contributed by atoms with Gasteiger partial charge in [0.05, 0.1) is 33.2 Å². The van der Waals surface area contributed by atoms with Crippen molar-refractivity contribution in [3.8, 4) is 5.75 Å². The van der Waals surface area contributed by atoms with E-state index in [2.05, 4.69) is 5.32 Å². The van der Waals surface area contributed by atoms with Crippen LogP contribution in [0.5, 0.6) is 5.75 Å². The first-order chi connectivity index (χ1) is 14.6. The number of hydrogen-bond acceptors (Lipinski definition) is 6. The van der Waals surface area contributed by atoms with E-state index in [1.165, 1.54) is 41.7 Å². The maximum atomic E-state index is 12.9. The van der Waals surface area contributed by atoms with E-state index in [9.17, 15) is 23.3 Å². The largest absolute Gasteiger partial charge is 0.495 e. The lowest BCUT2D eigenvalue weighted by molar-refractivity contribution is -0.385. The predicted molar refractivity (Wildman–Crippen MR) is 116 cm³/mol. The van der Waals surface area contributed by atoms with Gasteiger partial charge in [0.1, 0.15) is 5.75 Å². The number of methoxy groups -OCH3 is 1. The number of amides is 1. The number of piperidine rings is 1. The number of rotatable bonds is 6. The molecule has 0 bridgehead atoms. The zero-order chi connectivity index (χ0) is 22.8. The van der Waals surface area contributed by atoms with Crippen molar-refractivity contribution in [2.24, 2.45) is 5.92 Å². The topological polar surface area (TPSA) is 119 Å². The van der Waals surface area contributed by atoms with Gasteiger partial charge in [0.15, 0.2) is 0 Å². The van der Waals surface area contributed by atoms with Gasteiger partial charge >= 0.3 is 0 Å². The van der Waals surface area contributed by atoms with Crippen molar-refractivity contribution in [1.29, 1.82) is 0 Å². The molecule has 9 nitrogen and oxygen atoms in total. The summed E-state index contributed by atoms with van der Waals surface area (Å²) in [6.07, 6.45) is 0.672. The molecule has 0 radical (unpaired) electrons. The molecule has 2 aromatic rings. The molecule has 1 N–H and O–H groups in total. The van der Waals surface area contributed by atoms with Crippen LogP contribution in [0.2, 0.25) is 5.02 Å². The maximum absolute atomic E-state index is 12.9. The monoisotopic (exact) mass is 467 g/mol. The van der Waals surface area contributed by atoms with Gasteiger partial charge in [-0.3, -0.25) is 14.9 Å². The molecule has 0 atom stereocenters. The number of nitro benzene ring substituents is 1. The van der Waals surface area contributed by atoms with E-state index in [-0.39, 0.29) is 34.6 Å². The number of nitro groups is 1. The molecular weight excluding hydrogens is 446 g/mol. The molecular formula is C20H22ClN3O6S. The molecule has 0 unspecified atom stereocenters.